The fourth-order valence-corrected chi connectivity index (χ4v) is 1.49. The van der Waals surface area contributed by atoms with Crippen molar-refractivity contribution in [2.45, 2.75) is 26.1 Å². The first-order chi connectivity index (χ1) is 9.51. The molecule has 114 valence electrons. The van der Waals surface area contributed by atoms with Gasteiger partial charge in [-0.3, -0.25) is 0 Å². The molecule has 0 radical (unpaired) electrons. The topological polar surface area (TPSA) is 30.5 Å². The van der Waals surface area contributed by atoms with Crippen molar-refractivity contribution in [3.63, 3.8) is 0 Å². The zero-order valence-electron chi connectivity index (χ0n) is 11.5. The first-order valence-electron chi connectivity index (χ1n) is 6.58. The van der Waals surface area contributed by atoms with Crippen molar-refractivity contribution in [3.8, 4) is 5.75 Å². The smallest absolute Gasteiger partial charge is 0.411 e. The van der Waals surface area contributed by atoms with Crippen LogP contribution in [0.25, 0.3) is 0 Å². The molecule has 6 heteroatoms. The van der Waals surface area contributed by atoms with Crippen LogP contribution in [-0.4, -0.2) is 32.5 Å². The second-order valence-corrected chi connectivity index (χ2v) is 4.34. The Kier molecular flexibility index (Phi) is 7.40. The summed E-state index contributed by atoms with van der Waals surface area (Å²) in [5.41, 5.74) is 1.05. The molecule has 20 heavy (non-hydrogen) atoms. The molecule has 1 rings (SSSR count). The van der Waals surface area contributed by atoms with Crippen LogP contribution in [-0.2, 0) is 11.3 Å². The van der Waals surface area contributed by atoms with Crippen molar-refractivity contribution in [3.05, 3.63) is 29.8 Å². The van der Waals surface area contributed by atoms with E-state index in [1.807, 2.05) is 31.2 Å². The minimum Gasteiger partial charge on any atom is -0.494 e. The van der Waals surface area contributed by atoms with Crippen molar-refractivity contribution in [1.29, 1.82) is 0 Å². The predicted molar refractivity (Wildman–Crippen MR) is 70.8 cm³/mol. The van der Waals surface area contributed by atoms with Crippen LogP contribution in [0.1, 0.15) is 18.9 Å². The number of rotatable bonds is 9. The fraction of sp³-hybridized carbons (Fsp3) is 0.571. The summed E-state index contributed by atoms with van der Waals surface area (Å²) in [5, 5.41) is 3.02. The van der Waals surface area contributed by atoms with Crippen LogP contribution in [0, 0.1) is 0 Å². The van der Waals surface area contributed by atoms with Gasteiger partial charge in [-0.25, -0.2) is 0 Å². The lowest BCUT2D eigenvalue weighted by atomic mass is 10.2. The van der Waals surface area contributed by atoms with E-state index in [0.29, 0.717) is 19.7 Å². The summed E-state index contributed by atoms with van der Waals surface area (Å²) in [6, 6.07) is 7.61. The third-order valence-corrected chi connectivity index (χ3v) is 2.41. The van der Waals surface area contributed by atoms with Crippen molar-refractivity contribution < 1.29 is 22.6 Å². The number of hydrogen-bond acceptors (Lipinski definition) is 3. The molecule has 0 fully saturated rings. The Bertz CT molecular complexity index is 366. The lowest BCUT2D eigenvalue weighted by molar-refractivity contribution is -0.173. The minimum absolute atomic E-state index is 0.0389. The zero-order valence-corrected chi connectivity index (χ0v) is 11.5. The molecule has 0 aliphatic carbocycles. The van der Waals surface area contributed by atoms with E-state index in [1.165, 1.54) is 0 Å². The SMILES string of the molecule is CCCOc1ccc(CNCCOCC(F)(F)F)cc1. The van der Waals surface area contributed by atoms with Crippen LogP contribution < -0.4 is 10.1 Å². The summed E-state index contributed by atoms with van der Waals surface area (Å²) in [6.45, 7) is 2.54. The molecule has 0 saturated heterocycles. The molecule has 0 aliphatic heterocycles. The molecule has 0 bridgehead atoms. The van der Waals surface area contributed by atoms with Crippen molar-refractivity contribution in [2.75, 3.05) is 26.4 Å². The predicted octanol–water partition coefficient (Wildman–Crippen LogP) is 3.14. The summed E-state index contributed by atoms with van der Waals surface area (Å²) in [7, 11) is 0. The molecule has 0 aromatic heterocycles. The van der Waals surface area contributed by atoms with Gasteiger partial charge in [0, 0.05) is 13.1 Å². The van der Waals surface area contributed by atoms with Crippen LogP contribution >= 0.6 is 0 Å². The van der Waals surface area contributed by atoms with E-state index in [2.05, 4.69) is 10.1 Å². The Morgan fingerprint density at radius 1 is 1.10 bits per heavy atom. The van der Waals surface area contributed by atoms with Gasteiger partial charge in [-0.05, 0) is 24.1 Å². The third kappa shape index (κ3) is 8.01. The van der Waals surface area contributed by atoms with Crippen molar-refractivity contribution in [2.24, 2.45) is 0 Å². The highest BCUT2D eigenvalue weighted by molar-refractivity contribution is 5.27. The summed E-state index contributed by atoms with van der Waals surface area (Å²) in [4.78, 5) is 0. The summed E-state index contributed by atoms with van der Waals surface area (Å²) >= 11 is 0. The van der Waals surface area contributed by atoms with E-state index in [9.17, 15) is 13.2 Å². The number of benzene rings is 1. The van der Waals surface area contributed by atoms with Crippen LogP contribution in [0.2, 0.25) is 0 Å². The minimum atomic E-state index is -4.26. The summed E-state index contributed by atoms with van der Waals surface area (Å²) < 4.78 is 45.3. The highest BCUT2D eigenvalue weighted by atomic mass is 19.4. The number of halogens is 3. The Morgan fingerprint density at radius 2 is 1.80 bits per heavy atom. The van der Waals surface area contributed by atoms with Crippen LogP contribution in [0.3, 0.4) is 0 Å². The number of ether oxygens (including phenoxy) is 2. The molecule has 0 spiro atoms. The van der Waals surface area contributed by atoms with Gasteiger partial charge in [0.2, 0.25) is 0 Å². The van der Waals surface area contributed by atoms with Crippen molar-refractivity contribution >= 4 is 0 Å². The quantitative estimate of drug-likeness (QED) is 0.709. The van der Waals surface area contributed by atoms with Crippen LogP contribution in [0.15, 0.2) is 24.3 Å². The third-order valence-electron chi connectivity index (χ3n) is 2.41. The monoisotopic (exact) mass is 291 g/mol. The Morgan fingerprint density at radius 3 is 2.40 bits per heavy atom. The molecule has 1 aromatic carbocycles. The van der Waals surface area contributed by atoms with Crippen LogP contribution in [0.4, 0.5) is 13.2 Å². The van der Waals surface area contributed by atoms with E-state index < -0.39 is 12.8 Å². The standard InChI is InChI=1S/C14H20F3NO2/c1-2-8-20-13-5-3-12(4-6-13)10-18-7-9-19-11-14(15,16)17/h3-6,18H,2,7-11H2,1H3. The second kappa shape index (κ2) is 8.81. The van der Waals surface area contributed by atoms with Gasteiger partial charge >= 0.3 is 6.18 Å². The maximum Gasteiger partial charge on any atom is 0.411 e. The molecule has 3 nitrogen and oxygen atoms in total. The summed E-state index contributed by atoms with van der Waals surface area (Å²) in [5.74, 6) is 0.823. The van der Waals surface area contributed by atoms with E-state index in [0.717, 1.165) is 17.7 Å². The average molecular weight is 291 g/mol. The number of alkyl halides is 3. The van der Waals surface area contributed by atoms with E-state index in [1.54, 1.807) is 0 Å². The van der Waals surface area contributed by atoms with Gasteiger partial charge < -0.3 is 14.8 Å². The van der Waals surface area contributed by atoms with Gasteiger partial charge in [0.15, 0.2) is 0 Å². The van der Waals surface area contributed by atoms with E-state index in [-0.39, 0.29) is 6.61 Å². The first-order valence-corrected chi connectivity index (χ1v) is 6.58. The normalized spacial score (nSPS) is 11.6. The van der Waals surface area contributed by atoms with Gasteiger partial charge in [-0.2, -0.15) is 13.2 Å². The Balaban J connectivity index is 2.13. The van der Waals surface area contributed by atoms with E-state index >= 15 is 0 Å². The molecule has 1 N–H and O–H groups in total. The molecule has 0 unspecified atom stereocenters. The molecule has 1 aromatic rings. The first kappa shape index (κ1) is 16.8. The van der Waals surface area contributed by atoms with Gasteiger partial charge in [0.25, 0.3) is 0 Å². The molecule has 0 saturated carbocycles. The van der Waals surface area contributed by atoms with Gasteiger partial charge in [-0.1, -0.05) is 19.1 Å². The Hall–Kier alpha value is -1.27. The van der Waals surface area contributed by atoms with E-state index in [4.69, 9.17) is 4.74 Å². The largest absolute Gasteiger partial charge is 0.494 e. The number of nitrogens with one attached hydrogen (secondary N) is 1. The lowest BCUT2D eigenvalue weighted by Crippen LogP contribution is -2.23. The molecular formula is C14H20F3NO2. The molecular weight excluding hydrogens is 271 g/mol. The highest BCUT2D eigenvalue weighted by Gasteiger charge is 2.27. The maximum atomic E-state index is 11.8. The summed E-state index contributed by atoms with van der Waals surface area (Å²) in [6.07, 6.45) is -3.30. The van der Waals surface area contributed by atoms with Gasteiger partial charge in [-0.15, -0.1) is 0 Å². The Labute approximate surface area is 117 Å². The molecule has 0 atom stereocenters. The average Bonchev–Trinajstić information content (AvgIpc) is 2.40. The fourth-order valence-electron chi connectivity index (χ4n) is 1.49. The van der Waals surface area contributed by atoms with Crippen LogP contribution in [0.5, 0.6) is 5.75 Å². The number of hydrogen-bond donors (Lipinski definition) is 1. The molecule has 0 heterocycles. The molecule has 0 amide bonds. The molecule has 0 aliphatic rings. The maximum absolute atomic E-state index is 11.8. The highest BCUT2D eigenvalue weighted by Crippen LogP contribution is 2.14. The van der Waals surface area contributed by atoms with Crippen molar-refractivity contribution in [1.82, 2.24) is 5.32 Å². The van der Waals surface area contributed by atoms with Gasteiger partial charge in [0.05, 0.1) is 13.2 Å². The zero-order chi connectivity index (χ0) is 14.8. The van der Waals surface area contributed by atoms with Gasteiger partial charge in [0.1, 0.15) is 12.4 Å². The lowest BCUT2D eigenvalue weighted by Gasteiger charge is -2.09. The second-order valence-electron chi connectivity index (χ2n) is 4.34.